The van der Waals surface area contributed by atoms with E-state index < -0.39 is 0 Å². The van der Waals surface area contributed by atoms with Gasteiger partial charge in [0.25, 0.3) is 5.91 Å². The molecule has 0 aromatic heterocycles. The van der Waals surface area contributed by atoms with Crippen molar-refractivity contribution in [2.24, 2.45) is 0 Å². The van der Waals surface area contributed by atoms with E-state index in [9.17, 15) is 4.79 Å². The lowest BCUT2D eigenvalue weighted by molar-refractivity contribution is -0.110. The highest BCUT2D eigenvalue weighted by molar-refractivity contribution is 6.43. The second-order valence-electron chi connectivity index (χ2n) is 2.83. The van der Waals surface area contributed by atoms with E-state index in [1.165, 1.54) is 0 Å². The summed E-state index contributed by atoms with van der Waals surface area (Å²) in [6, 6.07) is 7.40. The molecular formula is C9H9N3O. The van der Waals surface area contributed by atoms with Crippen molar-refractivity contribution in [3.63, 3.8) is 0 Å². The zero-order chi connectivity index (χ0) is 9.26. The monoisotopic (exact) mass is 175 g/mol. The van der Waals surface area contributed by atoms with Crippen LogP contribution in [-0.4, -0.2) is 18.2 Å². The second-order valence-corrected chi connectivity index (χ2v) is 2.83. The molecule has 0 spiro atoms. The molecule has 13 heavy (non-hydrogen) atoms. The Bertz CT molecular complexity index is 373. The third-order valence-electron chi connectivity index (χ3n) is 1.90. The molecule has 0 fully saturated rings. The van der Waals surface area contributed by atoms with Crippen molar-refractivity contribution >= 4 is 23.0 Å². The average molecular weight is 175 g/mol. The van der Waals surface area contributed by atoms with E-state index in [-0.39, 0.29) is 18.2 Å². The van der Waals surface area contributed by atoms with Crippen molar-refractivity contribution < 1.29 is 4.79 Å². The van der Waals surface area contributed by atoms with Gasteiger partial charge in [0.15, 0.2) is 0 Å². The summed E-state index contributed by atoms with van der Waals surface area (Å²) in [5.41, 5.74) is 1.64. The van der Waals surface area contributed by atoms with Gasteiger partial charge in [0.05, 0.1) is 17.9 Å². The zero-order valence-electron chi connectivity index (χ0n) is 6.92. The van der Waals surface area contributed by atoms with Gasteiger partial charge in [-0.1, -0.05) is 12.1 Å². The van der Waals surface area contributed by atoms with Crippen LogP contribution in [-0.2, 0) is 4.79 Å². The quantitative estimate of drug-likeness (QED) is 0.552. The zero-order valence-corrected chi connectivity index (χ0v) is 6.92. The van der Waals surface area contributed by atoms with Crippen molar-refractivity contribution in [3.8, 4) is 0 Å². The number of benzene rings is 1. The minimum absolute atomic E-state index is 0.0520. The number of hydrogen-bond donors (Lipinski definition) is 3. The minimum Gasteiger partial charge on any atom is -0.378 e. The van der Waals surface area contributed by atoms with Gasteiger partial charge in [0.1, 0.15) is 5.71 Å². The SMILES string of the molecule is N=C1CNc2ccccc2NC1=O. The fourth-order valence-electron chi connectivity index (χ4n) is 1.21. The van der Waals surface area contributed by atoms with E-state index in [0.29, 0.717) is 0 Å². The van der Waals surface area contributed by atoms with Crippen LogP contribution in [0.4, 0.5) is 11.4 Å². The molecule has 2 rings (SSSR count). The lowest BCUT2D eigenvalue weighted by Gasteiger charge is -2.04. The Morgan fingerprint density at radius 3 is 2.69 bits per heavy atom. The first-order valence-corrected chi connectivity index (χ1v) is 3.99. The van der Waals surface area contributed by atoms with Crippen LogP contribution in [0.5, 0.6) is 0 Å². The molecule has 0 saturated heterocycles. The molecule has 0 bridgehead atoms. The van der Waals surface area contributed by atoms with E-state index in [2.05, 4.69) is 10.6 Å². The molecule has 0 unspecified atom stereocenters. The van der Waals surface area contributed by atoms with Crippen LogP contribution >= 0.6 is 0 Å². The van der Waals surface area contributed by atoms with E-state index in [1.807, 2.05) is 18.2 Å². The maximum absolute atomic E-state index is 11.2. The average Bonchev–Trinajstić information content (AvgIpc) is 2.28. The van der Waals surface area contributed by atoms with Crippen molar-refractivity contribution in [1.29, 1.82) is 5.41 Å². The molecule has 4 heteroatoms. The minimum atomic E-state index is -0.336. The molecule has 4 nitrogen and oxygen atoms in total. The van der Waals surface area contributed by atoms with E-state index >= 15 is 0 Å². The Morgan fingerprint density at radius 2 is 1.92 bits per heavy atom. The third kappa shape index (κ3) is 1.38. The van der Waals surface area contributed by atoms with Crippen LogP contribution < -0.4 is 10.6 Å². The molecule has 1 aromatic carbocycles. The summed E-state index contributed by atoms with van der Waals surface area (Å²) >= 11 is 0. The number of carbonyl (C=O) groups excluding carboxylic acids is 1. The van der Waals surface area contributed by atoms with Crippen molar-refractivity contribution in [2.75, 3.05) is 17.2 Å². The first-order valence-electron chi connectivity index (χ1n) is 3.99. The van der Waals surface area contributed by atoms with Gasteiger partial charge < -0.3 is 10.6 Å². The first-order chi connectivity index (χ1) is 6.27. The largest absolute Gasteiger partial charge is 0.378 e. The summed E-state index contributed by atoms with van der Waals surface area (Å²) in [7, 11) is 0. The smallest absolute Gasteiger partial charge is 0.271 e. The number of hydrogen-bond acceptors (Lipinski definition) is 3. The predicted octanol–water partition coefficient (Wildman–Crippen LogP) is 1.07. The Morgan fingerprint density at radius 1 is 1.23 bits per heavy atom. The van der Waals surface area contributed by atoms with Gasteiger partial charge in [0, 0.05) is 0 Å². The number of amides is 1. The summed E-state index contributed by atoms with van der Waals surface area (Å²) in [5.74, 6) is -0.336. The molecule has 1 aromatic rings. The Kier molecular flexibility index (Phi) is 1.73. The summed E-state index contributed by atoms with van der Waals surface area (Å²) < 4.78 is 0. The van der Waals surface area contributed by atoms with E-state index in [4.69, 9.17) is 5.41 Å². The standard InChI is InChI=1S/C9H9N3O/c10-6-5-11-7-3-1-2-4-8(7)12-9(6)13/h1-4,10-11H,5H2,(H,12,13). The van der Waals surface area contributed by atoms with Crippen molar-refractivity contribution in [3.05, 3.63) is 24.3 Å². The van der Waals surface area contributed by atoms with Gasteiger partial charge in [-0.25, -0.2) is 0 Å². The lowest BCUT2D eigenvalue weighted by Crippen LogP contribution is -2.24. The van der Waals surface area contributed by atoms with Crippen LogP contribution in [0.1, 0.15) is 0 Å². The Hall–Kier alpha value is -1.84. The van der Waals surface area contributed by atoms with Gasteiger partial charge >= 0.3 is 0 Å². The van der Waals surface area contributed by atoms with Crippen LogP contribution in [0.25, 0.3) is 0 Å². The maximum Gasteiger partial charge on any atom is 0.271 e. The number of nitrogens with one attached hydrogen (secondary N) is 3. The van der Waals surface area contributed by atoms with Gasteiger partial charge in [-0.2, -0.15) is 0 Å². The molecule has 1 aliphatic rings. The lowest BCUT2D eigenvalue weighted by atomic mass is 10.2. The van der Waals surface area contributed by atoms with Crippen LogP contribution in [0.15, 0.2) is 24.3 Å². The molecule has 0 saturated carbocycles. The number of para-hydroxylation sites is 2. The van der Waals surface area contributed by atoms with Crippen molar-refractivity contribution in [1.82, 2.24) is 0 Å². The fourth-order valence-corrected chi connectivity index (χ4v) is 1.21. The summed E-state index contributed by atoms with van der Waals surface area (Å²) in [5, 5.41) is 13.0. The molecule has 0 radical (unpaired) electrons. The van der Waals surface area contributed by atoms with Gasteiger partial charge in [-0.05, 0) is 12.1 Å². The third-order valence-corrected chi connectivity index (χ3v) is 1.90. The van der Waals surface area contributed by atoms with Crippen molar-refractivity contribution in [2.45, 2.75) is 0 Å². The van der Waals surface area contributed by atoms with Gasteiger partial charge in [0.2, 0.25) is 0 Å². The molecule has 66 valence electrons. The first kappa shape index (κ1) is 7.79. The number of anilines is 2. The Balaban J connectivity index is 2.40. The van der Waals surface area contributed by atoms with Gasteiger partial charge in [-0.3, -0.25) is 10.2 Å². The maximum atomic E-state index is 11.2. The summed E-state index contributed by atoms with van der Waals surface area (Å²) in [6.07, 6.45) is 0. The highest BCUT2D eigenvalue weighted by Crippen LogP contribution is 2.22. The normalized spacial score (nSPS) is 15.4. The highest BCUT2D eigenvalue weighted by atomic mass is 16.1. The van der Waals surface area contributed by atoms with E-state index in [1.54, 1.807) is 6.07 Å². The topological polar surface area (TPSA) is 65.0 Å². The number of carbonyl (C=O) groups is 1. The molecule has 0 atom stereocenters. The highest BCUT2D eigenvalue weighted by Gasteiger charge is 2.15. The molecule has 3 N–H and O–H groups in total. The molecule has 1 heterocycles. The summed E-state index contributed by atoms with van der Waals surface area (Å²) in [4.78, 5) is 11.2. The number of fused-ring (bicyclic) bond motifs is 1. The Labute approximate surface area is 75.5 Å². The molecule has 0 aliphatic carbocycles. The van der Waals surface area contributed by atoms with Crippen LogP contribution in [0, 0.1) is 5.41 Å². The van der Waals surface area contributed by atoms with Gasteiger partial charge in [-0.15, -0.1) is 0 Å². The van der Waals surface area contributed by atoms with Crippen LogP contribution in [0.3, 0.4) is 0 Å². The second kappa shape index (κ2) is 2.90. The van der Waals surface area contributed by atoms with E-state index in [0.717, 1.165) is 11.4 Å². The molecular weight excluding hydrogens is 166 g/mol. The molecule has 1 amide bonds. The summed E-state index contributed by atoms with van der Waals surface area (Å²) in [6.45, 7) is 0.281. The predicted molar refractivity (Wildman–Crippen MR) is 51.3 cm³/mol. The van der Waals surface area contributed by atoms with Crippen LogP contribution in [0.2, 0.25) is 0 Å². The molecule has 1 aliphatic heterocycles. The number of rotatable bonds is 0. The fraction of sp³-hybridized carbons (Fsp3) is 0.111.